The van der Waals surface area contributed by atoms with Crippen LogP contribution in [0.3, 0.4) is 0 Å². The van der Waals surface area contributed by atoms with E-state index in [1.165, 1.54) is 18.4 Å². The number of aliphatic hydroxyl groups excluding tert-OH is 1. The quantitative estimate of drug-likeness (QED) is 0.774. The number of rotatable bonds is 4. The van der Waals surface area contributed by atoms with Crippen LogP contribution < -0.4 is 0 Å². The van der Waals surface area contributed by atoms with Crippen LogP contribution in [0.15, 0.2) is 30.3 Å². The van der Waals surface area contributed by atoms with Crippen molar-refractivity contribution >= 4 is 0 Å². The van der Waals surface area contributed by atoms with Gasteiger partial charge >= 0.3 is 0 Å². The average Bonchev–Trinajstić information content (AvgIpc) is 2.96. The van der Waals surface area contributed by atoms with Crippen LogP contribution in [0, 0.1) is 11.8 Å². The average molecular weight is 190 g/mol. The van der Waals surface area contributed by atoms with Gasteiger partial charge in [0, 0.05) is 0 Å². The lowest BCUT2D eigenvalue weighted by molar-refractivity contribution is 0.163. The van der Waals surface area contributed by atoms with Crippen molar-refractivity contribution in [3.05, 3.63) is 35.9 Å². The van der Waals surface area contributed by atoms with Gasteiger partial charge in [-0.25, -0.2) is 0 Å². The molecule has 1 aliphatic rings. The standard InChI is InChI=1S/C13H18O/c1-10(14)13-9-12(13)8-7-11-5-3-2-4-6-11/h2-6,10,12-14H,7-9H2,1H3/t10-,12+,13+/m0/s1. The fourth-order valence-corrected chi connectivity index (χ4v) is 2.19. The van der Waals surface area contributed by atoms with Crippen molar-refractivity contribution in [1.82, 2.24) is 0 Å². The van der Waals surface area contributed by atoms with Crippen LogP contribution in [-0.4, -0.2) is 11.2 Å². The molecule has 1 N–H and O–H groups in total. The van der Waals surface area contributed by atoms with Crippen molar-refractivity contribution in [1.29, 1.82) is 0 Å². The molecule has 1 aromatic carbocycles. The van der Waals surface area contributed by atoms with Gasteiger partial charge < -0.3 is 5.11 Å². The van der Waals surface area contributed by atoms with E-state index in [0.717, 1.165) is 12.3 Å². The highest BCUT2D eigenvalue weighted by atomic mass is 16.3. The van der Waals surface area contributed by atoms with Crippen LogP contribution in [-0.2, 0) is 6.42 Å². The Bertz CT molecular complexity index is 279. The van der Waals surface area contributed by atoms with E-state index in [-0.39, 0.29) is 6.10 Å². The van der Waals surface area contributed by atoms with Gasteiger partial charge in [0.15, 0.2) is 0 Å². The summed E-state index contributed by atoms with van der Waals surface area (Å²) in [6.07, 6.45) is 3.52. The molecular formula is C13H18O. The number of aliphatic hydroxyl groups is 1. The molecule has 1 saturated carbocycles. The number of benzene rings is 1. The number of hydrogen-bond acceptors (Lipinski definition) is 1. The van der Waals surface area contributed by atoms with E-state index in [1.807, 2.05) is 6.92 Å². The highest BCUT2D eigenvalue weighted by Crippen LogP contribution is 2.44. The molecule has 0 radical (unpaired) electrons. The molecule has 0 bridgehead atoms. The Morgan fingerprint density at radius 3 is 2.64 bits per heavy atom. The minimum absolute atomic E-state index is 0.101. The van der Waals surface area contributed by atoms with E-state index < -0.39 is 0 Å². The monoisotopic (exact) mass is 190 g/mol. The molecule has 14 heavy (non-hydrogen) atoms. The van der Waals surface area contributed by atoms with E-state index in [2.05, 4.69) is 30.3 Å². The molecule has 0 spiro atoms. The largest absolute Gasteiger partial charge is 0.393 e. The van der Waals surface area contributed by atoms with Gasteiger partial charge in [0.25, 0.3) is 0 Å². The van der Waals surface area contributed by atoms with Gasteiger partial charge in [0.2, 0.25) is 0 Å². The lowest BCUT2D eigenvalue weighted by atomic mass is 10.1. The third-order valence-electron chi connectivity index (χ3n) is 3.24. The Morgan fingerprint density at radius 1 is 1.36 bits per heavy atom. The van der Waals surface area contributed by atoms with Gasteiger partial charge in [-0.05, 0) is 43.6 Å². The summed E-state index contributed by atoms with van der Waals surface area (Å²) in [4.78, 5) is 0. The summed E-state index contributed by atoms with van der Waals surface area (Å²) in [7, 11) is 0. The summed E-state index contributed by atoms with van der Waals surface area (Å²) in [6, 6.07) is 10.6. The first-order valence-electron chi connectivity index (χ1n) is 5.49. The van der Waals surface area contributed by atoms with Crippen molar-refractivity contribution < 1.29 is 5.11 Å². The third-order valence-corrected chi connectivity index (χ3v) is 3.24. The zero-order chi connectivity index (χ0) is 9.97. The first-order valence-corrected chi connectivity index (χ1v) is 5.49. The summed E-state index contributed by atoms with van der Waals surface area (Å²) in [5, 5.41) is 9.36. The SMILES string of the molecule is C[C@H](O)[C@H]1C[C@H]1CCc1ccccc1. The summed E-state index contributed by atoms with van der Waals surface area (Å²) in [5.74, 6) is 1.36. The summed E-state index contributed by atoms with van der Waals surface area (Å²) in [5.41, 5.74) is 1.42. The van der Waals surface area contributed by atoms with Gasteiger partial charge in [0.05, 0.1) is 6.10 Å². The normalized spacial score (nSPS) is 27.3. The summed E-state index contributed by atoms with van der Waals surface area (Å²) >= 11 is 0. The highest BCUT2D eigenvalue weighted by molar-refractivity contribution is 5.15. The molecule has 0 saturated heterocycles. The van der Waals surface area contributed by atoms with Crippen molar-refractivity contribution in [3.8, 4) is 0 Å². The molecule has 0 aromatic heterocycles. The Hall–Kier alpha value is -0.820. The molecule has 1 heteroatoms. The Balaban J connectivity index is 1.75. The highest BCUT2D eigenvalue weighted by Gasteiger charge is 2.39. The maximum atomic E-state index is 9.36. The van der Waals surface area contributed by atoms with E-state index in [4.69, 9.17) is 0 Å². The molecule has 0 aliphatic heterocycles. The van der Waals surface area contributed by atoms with Crippen molar-refractivity contribution in [2.45, 2.75) is 32.3 Å². The molecule has 1 fully saturated rings. The van der Waals surface area contributed by atoms with Crippen LogP contribution in [0.25, 0.3) is 0 Å². The summed E-state index contributed by atoms with van der Waals surface area (Å²) in [6.45, 7) is 1.91. The second kappa shape index (κ2) is 4.14. The van der Waals surface area contributed by atoms with Crippen LogP contribution in [0.2, 0.25) is 0 Å². The predicted octanol–water partition coefficient (Wildman–Crippen LogP) is 2.64. The molecule has 1 aromatic rings. The molecular weight excluding hydrogens is 172 g/mol. The Labute approximate surface area is 85.8 Å². The number of hydrogen-bond donors (Lipinski definition) is 1. The zero-order valence-electron chi connectivity index (χ0n) is 8.69. The molecule has 1 nitrogen and oxygen atoms in total. The van der Waals surface area contributed by atoms with Gasteiger partial charge in [-0.15, -0.1) is 0 Å². The summed E-state index contributed by atoms with van der Waals surface area (Å²) < 4.78 is 0. The first kappa shape index (κ1) is 9.72. The van der Waals surface area contributed by atoms with E-state index in [9.17, 15) is 5.11 Å². The van der Waals surface area contributed by atoms with Gasteiger partial charge in [-0.3, -0.25) is 0 Å². The van der Waals surface area contributed by atoms with Crippen LogP contribution in [0.4, 0.5) is 0 Å². The van der Waals surface area contributed by atoms with Crippen molar-refractivity contribution in [3.63, 3.8) is 0 Å². The molecule has 0 amide bonds. The molecule has 76 valence electrons. The van der Waals surface area contributed by atoms with E-state index in [0.29, 0.717) is 5.92 Å². The third kappa shape index (κ3) is 2.36. The maximum absolute atomic E-state index is 9.36. The lowest BCUT2D eigenvalue weighted by Gasteiger charge is -2.03. The van der Waals surface area contributed by atoms with Gasteiger partial charge in [-0.1, -0.05) is 30.3 Å². The molecule has 3 atom stereocenters. The predicted molar refractivity (Wildman–Crippen MR) is 58.0 cm³/mol. The van der Waals surface area contributed by atoms with E-state index in [1.54, 1.807) is 0 Å². The van der Waals surface area contributed by atoms with Crippen molar-refractivity contribution in [2.75, 3.05) is 0 Å². The van der Waals surface area contributed by atoms with Crippen molar-refractivity contribution in [2.24, 2.45) is 11.8 Å². The topological polar surface area (TPSA) is 20.2 Å². The second-order valence-corrected chi connectivity index (χ2v) is 4.42. The van der Waals surface area contributed by atoms with Crippen LogP contribution in [0.1, 0.15) is 25.3 Å². The van der Waals surface area contributed by atoms with Crippen LogP contribution in [0.5, 0.6) is 0 Å². The van der Waals surface area contributed by atoms with Crippen LogP contribution >= 0.6 is 0 Å². The zero-order valence-corrected chi connectivity index (χ0v) is 8.69. The minimum atomic E-state index is -0.101. The molecule has 0 unspecified atom stereocenters. The lowest BCUT2D eigenvalue weighted by Crippen LogP contribution is -2.04. The molecule has 0 heterocycles. The minimum Gasteiger partial charge on any atom is -0.393 e. The molecule has 1 aliphatic carbocycles. The molecule has 2 rings (SSSR count). The Morgan fingerprint density at radius 2 is 2.07 bits per heavy atom. The fourth-order valence-electron chi connectivity index (χ4n) is 2.19. The fraction of sp³-hybridized carbons (Fsp3) is 0.538. The number of aryl methyl sites for hydroxylation is 1. The van der Waals surface area contributed by atoms with Gasteiger partial charge in [-0.2, -0.15) is 0 Å². The second-order valence-electron chi connectivity index (χ2n) is 4.42. The Kier molecular flexibility index (Phi) is 2.87. The maximum Gasteiger partial charge on any atom is 0.0543 e. The van der Waals surface area contributed by atoms with E-state index >= 15 is 0 Å². The van der Waals surface area contributed by atoms with Gasteiger partial charge in [0.1, 0.15) is 0 Å². The first-order chi connectivity index (χ1) is 6.77. The smallest absolute Gasteiger partial charge is 0.0543 e.